The van der Waals surface area contributed by atoms with Gasteiger partial charge in [-0.05, 0) is 19.1 Å². The van der Waals surface area contributed by atoms with Gasteiger partial charge in [0.1, 0.15) is 5.75 Å². The van der Waals surface area contributed by atoms with Crippen LogP contribution >= 0.6 is 0 Å². The van der Waals surface area contributed by atoms with Crippen LogP contribution in [0.1, 0.15) is 26.3 Å². The van der Waals surface area contributed by atoms with Crippen LogP contribution in [0.15, 0.2) is 24.3 Å². The number of benzene rings is 1. The molecule has 5 heteroatoms. The zero-order chi connectivity index (χ0) is 17.7. The first-order valence-electron chi connectivity index (χ1n) is 8.48. The molecule has 1 amide bonds. The lowest BCUT2D eigenvalue weighted by Crippen LogP contribution is -2.51. The molecule has 2 rings (SSSR count). The van der Waals surface area contributed by atoms with Gasteiger partial charge in [-0.25, -0.2) is 0 Å². The average molecular weight is 332 g/mol. The maximum atomic E-state index is 12.2. The van der Waals surface area contributed by atoms with E-state index in [-0.39, 0.29) is 23.7 Å². The van der Waals surface area contributed by atoms with Crippen molar-refractivity contribution in [3.63, 3.8) is 0 Å². The van der Waals surface area contributed by atoms with Gasteiger partial charge in [-0.3, -0.25) is 14.5 Å². The Hall–Kier alpha value is -1.88. The van der Waals surface area contributed by atoms with E-state index in [4.69, 9.17) is 4.74 Å². The Kier molecular flexibility index (Phi) is 5.99. The summed E-state index contributed by atoms with van der Waals surface area (Å²) in [5.41, 5.74) is 0.851. The summed E-state index contributed by atoms with van der Waals surface area (Å²) in [7, 11) is 0. The molecular weight excluding hydrogens is 304 g/mol. The van der Waals surface area contributed by atoms with Gasteiger partial charge in [0.2, 0.25) is 0 Å². The molecule has 0 saturated carbocycles. The Morgan fingerprint density at radius 3 is 2.17 bits per heavy atom. The maximum absolute atomic E-state index is 12.2. The van der Waals surface area contributed by atoms with Crippen LogP contribution in [-0.4, -0.2) is 60.8 Å². The molecule has 0 atom stereocenters. The van der Waals surface area contributed by atoms with E-state index in [9.17, 15) is 9.59 Å². The molecule has 0 spiro atoms. The molecule has 1 aromatic rings. The predicted octanol–water partition coefficient (Wildman–Crippen LogP) is 2.13. The summed E-state index contributed by atoms with van der Waals surface area (Å²) in [6.45, 7) is 11.1. The molecule has 1 aliphatic rings. The number of aryl methyl sites for hydroxylation is 1. The minimum Gasteiger partial charge on any atom is -0.484 e. The molecular formula is C19H28N2O3. The second-order valence-corrected chi connectivity index (χ2v) is 7.43. The number of rotatable bonds is 5. The summed E-state index contributed by atoms with van der Waals surface area (Å²) in [5.74, 6) is 0.950. The van der Waals surface area contributed by atoms with Crippen LogP contribution in [0.5, 0.6) is 5.75 Å². The van der Waals surface area contributed by atoms with Crippen molar-refractivity contribution in [2.75, 3.05) is 39.3 Å². The Morgan fingerprint density at radius 2 is 1.62 bits per heavy atom. The third-order valence-electron chi connectivity index (χ3n) is 4.31. The van der Waals surface area contributed by atoms with Crippen LogP contribution in [0.4, 0.5) is 0 Å². The van der Waals surface area contributed by atoms with Crippen LogP contribution in [0.2, 0.25) is 0 Å². The molecule has 0 unspecified atom stereocenters. The van der Waals surface area contributed by atoms with Crippen molar-refractivity contribution in [3.8, 4) is 5.75 Å². The third kappa shape index (κ3) is 5.34. The number of ether oxygens (including phenoxy) is 1. The number of nitrogens with zero attached hydrogens (tertiary/aromatic N) is 2. The summed E-state index contributed by atoms with van der Waals surface area (Å²) in [6.07, 6.45) is 0. The van der Waals surface area contributed by atoms with Gasteiger partial charge >= 0.3 is 0 Å². The summed E-state index contributed by atoms with van der Waals surface area (Å²) >= 11 is 0. The molecule has 0 radical (unpaired) electrons. The van der Waals surface area contributed by atoms with Crippen molar-refractivity contribution >= 4 is 11.7 Å². The van der Waals surface area contributed by atoms with Crippen molar-refractivity contribution in [3.05, 3.63) is 29.8 Å². The fourth-order valence-electron chi connectivity index (χ4n) is 2.47. The third-order valence-corrected chi connectivity index (χ3v) is 4.31. The quantitative estimate of drug-likeness (QED) is 0.829. The van der Waals surface area contributed by atoms with Crippen LogP contribution < -0.4 is 4.74 Å². The predicted molar refractivity (Wildman–Crippen MR) is 94.2 cm³/mol. The molecule has 1 aliphatic heterocycles. The molecule has 0 bridgehead atoms. The van der Waals surface area contributed by atoms with E-state index in [0.717, 1.165) is 18.7 Å². The molecule has 24 heavy (non-hydrogen) atoms. The molecule has 1 heterocycles. The summed E-state index contributed by atoms with van der Waals surface area (Å²) in [4.78, 5) is 28.3. The fraction of sp³-hybridized carbons (Fsp3) is 0.579. The zero-order valence-electron chi connectivity index (χ0n) is 15.2. The van der Waals surface area contributed by atoms with E-state index in [1.807, 2.05) is 56.9 Å². The Labute approximate surface area is 144 Å². The van der Waals surface area contributed by atoms with Crippen molar-refractivity contribution in [1.29, 1.82) is 0 Å². The minimum atomic E-state index is -0.311. The van der Waals surface area contributed by atoms with Crippen LogP contribution in [-0.2, 0) is 9.59 Å². The monoisotopic (exact) mass is 332 g/mol. The second kappa shape index (κ2) is 7.79. The van der Waals surface area contributed by atoms with Crippen molar-refractivity contribution in [2.45, 2.75) is 27.7 Å². The highest BCUT2D eigenvalue weighted by molar-refractivity contribution is 5.85. The number of ketones is 1. The van der Waals surface area contributed by atoms with E-state index in [1.54, 1.807) is 0 Å². The zero-order valence-corrected chi connectivity index (χ0v) is 15.2. The number of Topliss-reactive ketones (excluding diaryl/α,β-unsaturated/α-hetero) is 1. The number of carbonyl (C=O) groups excluding carboxylic acids is 2. The van der Waals surface area contributed by atoms with Crippen molar-refractivity contribution in [1.82, 2.24) is 9.80 Å². The van der Waals surface area contributed by atoms with E-state index in [2.05, 4.69) is 4.90 Å². The summed E-state index contributed by atoms with van der Waals surface area (Å²) in [6, 6.07) is 7.67. The van der Waals surface area contributed by atoms with Gasteiger partial charge in [0, 0.05) is 31.6 Å². The Bertz CT molecular complexity index is 567. The Balaban J connectivity index is 1.74. The highest BCUT2D eigenvalue weighted by Gasteiger charge is 2.27. The number of piperazine rings is 1. The summed E-state index contributed by atoms with van der Waals surface area (Å²) < 4.78 is 5.55. The van der Waals surface area contributed by atoms with Gasteiger partial charge in [0.05, 0.1) is 6.54 Å². The first kappa shape index (κ1) is 18.5. The maximum Gasteiger partial charge on any atom is 0.260 e. The van der Waals surface area contributed by atoms with Gasteiger partial charge in [-0.1, -0.05) is 38.5 Å². The van der Waals surface area contributed by atoms with Crippen molar-refractivity contribution < 1.29 is 14.3 Å². The number of carbonyl (C=O) groups is 2. The standard InChI is InChI=1S/C19H28N2O3/c1-15-5-7-16(8-6-15)24-14-18(23)21-11-9-20(10-12-21)13-17(22)19(2,3)4/h5-8H,9-14H2,1-4H3. The lowest BCUT2D eigenvalue weighted by molar-refractivity contribution is -0.135. The number of hydrogen-bond acceptors (Lipinski definition) is 4. The van der Waals surface area contributed by atoms with Crippen molar-refractivity contribution in [2.24, 2.45) is 5.41 Å². The fourth-order valence-corrected chi connectivity index (χ4v) is 2.47. The molecule has 5 nitrogen and oxygen atoms in total. The van der Waals surface area contributed by atoms with Gasteiger partial charge in [-0.2, -0.15) is 0 Å². The molecule has 1 saturated heterocycles. The van der Waals surface area contributed by atoms with Gasteiger partial charge < -0.3 is 9.64 Å². The number of amides is 1. The van der Waals surface area contributed by atoms with E-state index >= 15 is 0 Å². The van der Waals surface area contributed by atoms with Gasteiger partial charge in [0.25, 0.3) is 5.91 Å². The summed E-state index contributed by atoms with van der Waals surface area (Å²) in [5, 5.41) is 0. The Morgan fingerprint density at radius 1 is 1.04 bits per heavy atom. The minimum absolute atomic E-state index is 0.00243. The topological polar surface area (TPSA) is 49.9 Å². The molecule has 1 fully saturated rings. The van der Waals surface area contributed by atoms with Gasteiger partial charge in [0.15, 0.2) is 12.4 Å². The molecule has 0 aliphatic carbocycles. The van der Waals surface area contributed by atoms with E-state index in [1.165, 1.54) is 0 Å². The largest absolute Gasteiger partial charge is 0.484 e. The number of hydrogen-bond donors (Lipinski definition) is 0. The molecule has 1 aromatic carbocycles. The van der Waals surface area contributed by atoms with E-state index in [0.29, 0.717) is 25.4 Å². The van der Waals surface area contributed by atoms with Crippen LogP contribution in [0.3, 0.4) is 0 Å². The molecule has 0 N–H and O–H groups in total. The lowest BCUT2D eigenvalue weighted by Gasteiger charge is -2.35. The first-order chi connectivity index (χ1) is 11.3. The van der Waals surface area contributed by atoms with Gasteiger partial charge in [-0.15, -0.1) is 0 Å². The second-order valence-electron chi connectivity index (χ2n) is 7.43. The highest BCUT2D eigenvalue weighted by Crippen LogP contribution is 2.16. The highest BCUT2D eigenvalue weighted by atomic mass is 16.5. The van der Waals surface area contributed by atoms with Crippen LogP contribution in [0.25, 0.3) is 0 Å². The van der Waals surface area contributed by atoms with E-state index < -0.39 is 0 Å². The SMILES string of the molecule is Cc1ccc(OCC(=O)N2CCN(CC(=O)C(C)(C)C)CC2)cc1. The molecule has 0 aromatic heterocycles. The smallest absolute Gasteiger partial charge is 0.260 e. The first-order valence-corrected chi connectivity index (χ1v) is 8.48. The average Bonchev–Trinajstić information content (AvgIpc) is 2.54. The normalized spacial score (nSPS) is 16.1. The van der Waals surface area contributed by atoms with Crippen LogP contribution in [0, 0.1) is 12.3 Å². The molecule has 132 valence electrons. The lowest BCUT2D eigenvalue weighted by atomic mass is 9.90.